The molecule has 0 spiro atoms. The van der Waals surface area contributed by atoms with E-state index in [0.29, 0.717) is 18.3 Å². The van der Waals surface area contributed by atoms with Gasteiger partial charge in [0.05, 0.1) is 11.9 Å². The van der Waals surface area contributed by atoms with Gasteiger partial charge in [-0.15, -0.1) is 0 Å². The third-order valence-electron chi connectivity index (χ3n) is 9.49. The van der Waals surface area contributed by atoms with E-state index in [9.17, 15) is 9.90 Å². The van der Waals surface area contributed by atoms with Crippen molar-refractivity contribution in [2.24, 2.45) is 17.3 Å². The molecule has 2 saturated carbocycles. The summed E-state index contributed by atoms with van der Waals surface area (Å²) in [7, 11) is 0. The fraction of sp³-hybridized carbons (Fsp3) is 0.467. The second-order valence-corrected chi connectivity index (χ2v) is 11.0. The van der Waals surface area contributed by atoms with E-state index < -0.39 is 5.60 Å². The van der Waals surface area contributed by atoms with E-state index in [1.165, 1.54) is 16.7 Å². The van der Waals surface area contributed by atoms with Gasteiger partial charge in [-0.2, -0.15) is 0 Å². The number of allylic oxidation sites excluding steroid dienone is 5. The van der Waals surface area contributed by atoms with Crippen molar-refractivity contribution >= 4 is 5.78 Å². The number of benzene rings is 1. The van der Waals surface area contributed by atoms with E-state index in [2.05, 4.69) is 42.2 Å². The number of hydrogen-bond acceptors (Lipinski definition) is 3. The van der Waals surface area contributed by atoms with Crippen LogP contribution in [0, 0.1) is 17.3 Å². The molecule has 2 aromatic rings. The zero-order valence-corrected chi connectivity index (χ0v) is 20.2. The van der Waals surface area contributed by atoms with Crippen LogP contribution in [-0.2, 0) is 4.79 Å². The molecule has 0 amide bonds. The van der Waals surface area contributed by atoms with Gasteiger partial charge in [-0.3, -0.25) is 4.79 Å². The molecule has 34 heavy (non-hydrogen) atoms. The lowest BCUT2D eigenvalue weighted by Crippen LogP contribution is -2.50. The van der Waals surface area contributed by atoms with Gasteiger partial charge in [-0.1, -0.05) is 36.8 Å². The summed E-state index contributed by atoms with van der Waals surface area (Å²) in [6.07, 6.45) is 18.1. The number of carbonyl (C=O) groups excluding carboxylic acids is 1. The highest BCUT2D eigenvalue weighted by Gasteiger charge is 2.61. The largest absolute Gasteiger partial charge is 0.385 e. The maximum Gasteiger partial charge on any atom is 0.156 e. The summed E-state index contributed by atoms with van der Waals surface area (Å²) in [6.45, 7) is 4.36. The van der Waals surface area contributed by atoms with Crippen molar-refractivity contribution in [1.29, 1.82) is 0 Å². The summed E-state index contributed by atoms with van der Waals surface area (Å²) < 4.78 is 2.03. The molecule has 4 aliphatic rings. The van der Waals surface area contributed by atoms with Crippen LogP contribution in [0.3, 0.4) is 0 Å². The van der Waals surface area contributed by atoms with Gasteiger partial charge in [0.1, 0.15) is 0 Å². The van der Waals surface area contributed by atoms with Gasteiger partial charge in [0.25, 0.3) is 0 Å². The van der Waals surface area contributed by atoms with Gasteiger partial charge in [0, 0.05) is 35.8 Å². The van der Waals surface area contributed by atoms with Crippen molar-refractivity contribution in [3.05, 3.63) is 83.5 Å². The Morgan fingerprint density at radius 1 is 1.15 bits per heavy atom. The Balaban J connectivity index is 1.49. The van der Waals surface area contributed by atoms with Crippen LogP contribution in [0.5, 0.6) is 0 Å². The van der Waals surface area contributed by atoms with Crippen LogP contribution in [0.25, 0.3) is 5.69 Å². The molecule has 0 bridgehead atoms. The topological polar surface area (TPSA) is 55.1 Å². The molecule has 2 fully saturated rings. The first kappa shape index (κ1) is 21.8. The fourth-order valence-corrected chi connectivity index (χ4v) is 7.84. The Kier molecular flexibility index (Phi) is 5.07. The minimum atomic E-state index is -0.754. The van der Waals surface area contributed by atoms with Gasteiger partial charge in [0.2, 0.25) is 0 Å². The van der Waals surface area contributed by atoms with Crippen LogP contribution in [0.15, 0.2) is 77.9 Å². The summed E-state index contributed by atoms with van der Waals surface area (Å²) in [6, 6.07) is 8.90. The lowest BCUT2D eigenvalue weighted by Gasteiger charge is -2.54. The summed E-state index contributed by atoms with van der Waals surface area (Å²) >= 11 is 0. The first-order valence-corrected chi connectivity index (χ1v) is 12.8. The number of hydrogen-bond donors (Lipinski definition) is 1. The Hall–Kier alpha value is -2.72. The standard InChI is InChI=1S/C30H34N2O2/c1-3-13-30(34)14-12-27-25-10-6-21-17-23(33)9-11-24(21)28(25)26(18-29(27,30)2)20-4-7-22(8-5-20)32-16-15-31-19-32/h3-5,7-8,13,15-17,19,25-27,34H,6,9-12,14,18H2,1-2H3/b13-3+/t25?,26-,27?,29+,30+/m1/s1. The summed E-state index contributed by atoms with van der Waals surface area (Å²) in [4.78, 5) is 16.4. The first-order valence-electron chi connectivity index (χ1n) is 12.8. The van der Waals surface area contributed by atoms with E-state index in [-0.39, 0.29) is 17.1 Å². The Morgan fingerprint density at radius 3 is 2.71 bits per heavy atom. The van der Waals surface area contributed by atoms with E-state index in [1.54, 1.807) is 11.8 Å². The van der Waals surface area contributed by atoms with Crippen molar-refractivity contribution < 1.29 is 9.90 Å². The highest BCUT2D eigenvalue weighted by molar-refractivity contribution is 5.93. The van der Waals surface area contributed by atoms with Gasteiger partial charge in [-0.05, 0) is 92.2 Å². The SMILES string of the molecule is C/C=C/[C@]1(O)CCC2C3CCC4=CC(=O)CCC4=C3[C@@H](c3ccc(-n4ccnc4)cc3)C[C@@]21C. The quantitative estimate of drug-likeness (QED) is 0.572. The minimum absolute atomic E-state index is 0.159. The normalized spacial score (nSPS) is 35.2. The minimum Gasteiger partial charge on any atom is -0.385 e. The van der Waals surface area contributed by atoms with Crippen LogP contribution in [-0.4, -0.2) is 26.0 Å². The highest BCUT2D eigenvalue weighted by Crippen LogP contribution is 2.67. The second-order valence-electron chi connectivity index (χ2n) is 11.0. The molecule has 4 aliphatic carbocycles. The number of carbonyl (C=O) groups is 1. The molecule has 2 unspecified atom stereocenters. The molecule has 0 radical (unpaired) electrons. The third kappa shape index (κ3) is 3.15. The molecule has 6 rings (SSSR count). The molecule has 1 N–H and O–H groups in total. The number of nitrogens with zero attached hydrogens (tertiary/aromatic N) is 2. The maximum atomic E-state index is 12.2. The van der Waals surface area contributed by atoms with E-state index in [4.69, 9.17) is 0 Å². The van der Waals surface area contributed by atoms with Crippen molar-refractivity contribution in [3.63, 3.8) is 0 Å². The number of rotatable bonds is 3. The van der Waals surface area contributed by atoms with Crippen molar-refractivity contribution in [1.82, 2.24) is 9.55 Å². The van der Waals surface area contributed by atoms with Crippen LogP contribution in [0.2, 0.25) is 0 Å². The molecule has 176 valence electrons. The molecule has 4 nitrogen and oxygen atoms in total. The molecule has 0 saturated heterocycles. The molecular formula is C30H34N2O2. The highest BCUT2D eigenvalue weighted by atomic mass is 16.3. The molecule has 1 aromatic heterocycles. The number of aromatic nitrogens is 2. The van der Waals surface area contributed by atoms with Gasteiger partial charge in [-0.25, -0.2) is 4.98 Å². The van der Waals surface area contributed by atoms with Gasteiger partial charge >= 0.3 is 0 Å². The van der Waals surface area contributed by atoms with Crippen LogP contribution < -0.4 is 0 Å². The average molecular weight is 455 g/mol. The lowest BCUT2D eigenvalue weighted by molar-refractivity contribution is -0.114. The maximum absolute atomic E-state index is 12.2. The molecule has 5 atom stereocenters. The predicted octanol–water partition coefficient (Wildman–Crippen LogP) is 6.08. The van der Waals surface area contributed by atoms with Crippen molar-refractivity contribution in [2.45, 2.75) is 70.3 Å². The van der Waals surface area contributed by atoms with Gasteiger partial charge in [0.15, 0.2) is 5.78 Å². The number of aliphatic hydroxyl groups is 1. The van der Waals surface area contributed by atoms with Crippen LogP contribution >= 0.6 is 0 Å². The zero-order chi connectivity index (χ0) is 23.5. The molecular weight excluding hydrogens is 420 g/mol. The number of fused-ring (bicyclic) bond motifs is 4. The Bertz CT molecular complexity index is 1200. The summed E-state index contributed by atoms with van der Waals surface area (Å²) in [5, 5.41) is 11.9. The van der Waals surface area contributed by atoms with E-state index >= 15 is 0 Å². The van der Waals surface area contributed by atoms with Crippen molar-refractivity contribution in [2.75, 3.05) is 0 Å². The fourth-order valence-electron chi connectivity index (χ4n) is 7.84. The predicted molar refractivity (Wildman–Crippen MR) is 134 cm³/mol. The smallest absolute Gasteiger partial charge is 0.156 e. The van der Waals surface area contributed by atoms with Crippen molar-refractivity contribution in [3.8, 4) is 5.69 Å². The summed E-state index contributed by atoms with van der Waals surface area (Å²) in [5.41, 5.74) is 5.84. The van der Waals surface area contributed by atoms with E-state index in [1.807, 2.05) is 36.2 Å². The first-order chi connectivity index (χ1) is 16.4. The van der Waals surface area contributed by atoms with Gasteiger partial charge < -0.3 is 9.67 Å². The molecule has 1 heterocycles. The molecule has 0 aliphatic heterocycles. The average Bonchev–Trinajstić information content (AvgIpc) is 3.46. The molecule has 4 heteroatoms. The zero-order valence-electron chi connectivity index (χ0n) is 20.2. The van der Waals surface area contributed by atoms with Crippen LogP contribution in [0.4, 0.5) is 0 Å². The number of ketones is 1. The molecule has 1 aromatic carbocycles. The second kappa shape index (κ2) is 7.91. The summed E-state index contributed by atoms with van der Waals surface area (Å²) in [5.74, 6) is 1.52. The lowest BCUT2D eigenvalue weighted by atomic mass is 9.51. The third-order valence-corrected chi connectivity index (χ3v) is 9.49. The van der Waals surface area contributed by atoms with E-state index in [0.717, 1.165) is 44.2 Å². The monoisotopic (exact) mass is 454 g/mol. The Labute approximate surface area is 202 Å². The number of imidazole rings is 1. The van der Waals surface area contributed by atoms with Crippen LogP contribution in [0.1, 0.15) is 70.3 Å². The Morgan fingerprint density at radius 2 is 1.97 bits per heavy atom.